The summed E-state index contributed by atoms with van der Waals surface area (Å²) < 4.78 is 0. The summed E-state index contributed by atoms with van der Waals surface area (Å²) in [7, 11) is 0. The molecule has 0 bridgehead atoms. The van der Waals surface area contributed by atoms with Crippen LogP contribution in [-0.4, -0.2) is 5.78 Å². The van der Waals surface area contributed by atoms with Crippen LogP contribution >= 0.6 is 23.2 Å². The Bertz CT molecular complexity index is 571. The average molecular weight is 279 g/mol. The van der Waals surface area contributed by atoms with Crippen molar-refractivity contribution in [3.63, 3.8) is 0 Å². The first-order chi connectivity index (χ1) is 8.54. The van der Waals surface area contributed by atoms with Crippen molar-refractivity contribution in [1.82, 2.24) is 0 Å². The summed E-state index contributed by atoms with van der Waals surface area (Å²) >= 11 is 11.8. The summed E-state index contributed by atoms with van der Waals surface area (Å²) in [5, 5.41) is 0.963. The summed E-state index contributed by atoms with van der Waals surface area (Å²) in [5.74, 6) is 0.0185. The Hall–Kier alpha value is -1.31. The topological polar surface area (TPSA) is 17.1 Å². The number of Topliss-reactive ketones (excluding diaryl/α,β-unsaturated/α-hetero) is 1. The number of hydrogen-bond donors (Lipinski definition) is 0. The van der Waals surface area contributed by atoms with Crippen LogP contribution in [0.2, 0.25) is 10.0 Å². The van der Waals surface area contributed by atoms with E-state index < -0.39 is 0 Å². The molecule has 2 rings (SSSR count). The minimum atomic E-state index is 0.0185. The number of rotatable bonds is 3. The second-order valence-electron chi connectivity index (χ2n) is 4.25. The number of carbonyl (C=O) groups excluding carboxylic acids is 1. The Morgan fingerprint density at radius 3 is 2.33 bits per heavy atom. The van der Waals surface area contributed by atoms with E-state index >= 15 is 0 Å². The molecule has 0 N–H and O–H groups in total. The Morgan fingerprint density at radius 1 is 1.06 bits per heavy atom. The molecule has 0 spiro atoms. The fourth-order valence-corrected chi connectivity index (χ4v) is 2.35. The highest BCUT2D eigenvalue weighted by Gasteiger charge is 2.09. The van der Waals surface area contributed by atoms with Crippen molar-refractivity contribution in [2.24, 2.45) is 0 Å². The number of carbonyl (C=O) groups is 1. The molecule has 2 aromatic carbocycles. The minimum absolute atomic E-state index is 0.0185. The quantitative estimate of drug-likeness (QED) is 0.742. The molecule has 92 valence electrons. The molecule has 3 heteroatoms. The van der Waals surface area contributed by atoms with Gasteiger partial charge in [-0.15, -0.1) is 0 Å². The van der Waals surface area contributed by atoms with Crippen LogP contribution in [0.3, 0.4) is 0 Å². The van der Waals surface area contributed by atoms with Crippen LogP contribution in [0.25, 0.3) is 0 Å². The first-order valence-electron chi connectivity index (χ1n) is 5.59. The zero-order chi connectivity index (χ0) is 13.1. The van der Waals surface area contributed by atoms with Crippen LogP contribution < -0.4 is 0 Å². The van der Waals surface area contributed by atoms with Gasteiger partial charge in [0.2, 0.25) is 0 Å². The molecule has 1 nitrogen and oxygen atoms in total. The number of hydrogen-bond acceptors (Lipinski definition) is 1. The zero-order valence-electron chi connectivity index (χ0n) is 9.91. The molecule has 0 saturated heterocycles. The van der Waals surface area contributed by atoms with Gasteiger partial charge in [0, 0.05) is 22.0 Å². The van der Waals surface area contributed by atoms with Gasteiger partial charge in [-0.05, 0) is 30.7 Å². The molecule has 0 aliphatic rings. The predicted octanol–water partition coefficient (Wildman–Crippen LogP) is 4.73. The molecule has 0 aliphatic carbocycles. The van der Waals surface area contributed by atoms with Crippen LogP contribution in [0.5, 0.6) is 0 Å². The first-order valence-corrected chi connectivity index (χ1v) is 6.35. The van der Waals surface area contributed by atoms with Crippen molar-refractivity contribution in [2.45, 2.75) is 13.3 Å². The summed E-state index contributed by atoms with van der Waals surface area (Å²) in [6, 6.07) is 12.8. The maximum atomic E-state index is 12.1. The van der Waals surface area contributed by atoms with Crippen molar-refractivity contribution < 1.29 is 4.79 Å². The van der Waals surface area contributed by atoms with Gasteiger partial charge in [-0.1, -0.05) is 53.0 Å². The summed E-state index contributed by atoms with van der Waals surface area (Å²) in [6.07, 6.45) is 0.359. The number of benzene rings is 2. The van der Waals surface area contributed by atoms with Crippen molar-refractivity contribution in [3.05, 3.63) is 69.2 Å². The lowest BCUT2D eigenvalue weighted by atomic mass is 10.0. The third-order valence-corrected chi connectivity index (χ3v) is 3.07. The summed E-state index contributed by atoms with van der Waals surface area (Å²) in [4.78, 5) is 12.1. The van der Waals surface area contributed by atoms with Crippen molar-refractivity contribution >= 4 is 29.0 Å². The maximum Gasteiger partial charge on any atom is 0.167 e. The number of ketones is 1. The largest absolute Gasteiger partial charge is 0.294 e. The van der Waals surface area contributed by atoms with Crippen LogP contribution in [0, 0.1) is 6.92 Å². The van der Waals surface area contributed by atoms with E-state index in [0.717, 1.165) is 11.1 Å². The van der Waals surface area contributed by atoms with Gasteiger partial charge in [-0.2, -0.15) is 0 Å². The molecule has 0 saturated carbocycles. The molecule has 0 amide bonds. The molecular formula is C15H12Cl2O. The van der Waals surface area contributed by atoms with Crippen LogP contribution in [0.1, 0.15) is 21.5 Å². The van der Waals surface area contributed by atoms with Gasteiger partial charge in [-0.25, -0.2) is 0 Å². The van der Waals surface area contributed by atoms with Gasteiger partial charge in [0.15, 0.2) is 5.78 Å². The molecule has 2 aromatic rings. The maximum absolute atomic E-state index is 12.1. The lowest BCUT2D eigenvalue weighted by molar-refractivity contribution is 0.0993. The molecule has 0 heterocycles. The van der Waals surface area contributed by atoms with Gasteiger partial charge < -0.3 is 0 Å². The van der Waals surface area contributed by atoms with Gasteiger partial charge >= 0.3 is 0 Å². The van der Waals surface area contributed by atoms with E-state index in [4.69, 9.17) is 23.2 Å². The standard InChI is InChI=1S/C15H12Cl2O/c1-10-3-2-4-11(5-10)6-15(18)12-7-13(16)9-14(17)8-12/h2-5,7-9H,6H2,1H3. The summed E-state index contributed by atoms with van der Waals surface area (Å²) in [6.45, 7) is 2.00. The van der Waals surface area contributed by atoms with E-state index in [9.17, 15) is 4.79 Å². The van der Waals surface area contributed by atoms with E-state index in [1.807, 2.05) is 31.2 Å². The molecule has 0 aromatic heterocycles. The van der Waals surface area contributed by atoms with Crippen molar-refractivity contribution in [2.75, 3.05) is 0 Å². The Kier molecular flexibility index (Phi) is 4.05. The van der Waals surface area contributed by atoms with Gasteiger partial charge in [0.1, 0.15) is 0 Å². The molecule has 0 aliphatic heterocycles. The molecule has 0 radical (unpaired) electrons. The zero-order valence-corrected chi connectivity index (χ0v) is 11.4. The monoisotopic (exact) mass is 278 g/mol. The highest BCUT2D eigenvalue weighted by atomic mass is 35.5. The lowest BCUT2D eigenvalue weighted by Gasteiger charge is -2.04. The number of halogens is 2. The van der Waals surface area contributed by atoms with E-state index in [-0.39, 0.29) is 5.78 Å². The van der Waals surface area contributed by atoms with E-state index in [1.165, 1.54) is 0 Å². The molecular weight excluding hydrogens is 267 g/mol. The third kappa shape index (κ3) is 3.34. The van der Waals surface area contributed by atoms with Gasteiger partial charge in [-0.3, -0.25) is 4.79 Å². The Morgan fingerprint density at radius 2 is 1.72 bits per heavy atom. The molecule has 0 unspecified atom stereocenters. The van der Waals surface area contributed by atoms with Gasteiger partial charge in [0.05, 0.1) is 0 Å². The smallest absolute Gasteiger partial charge is 0.167 e. The third-order valence-electron chi connectivity index (χ3n) is 2.63. The first kappa shape index (κ1) is 13.1. The normalized spacial score (nSPS) is 10.4. The van der Waals surface area contributed by atoms with Crippen LogP contribution in [0.4, 0.5) is 0 Å². The average Bonchev–Trinajstić information content (AvgIpc) is 2.27. The summed E-state index contributed by atoms with van der Waals surface area (Å²) in [5.41, 5.74) is 2.69. The second kappa shape index (κ2) is 5.55. The van der Waals surface area contributed by atoms with E-state index in [0.29, 0.717) is 22.0 Å². The van der Waals surface area contributed by atoms with Crippen molar-refractivity contribution in [1.29, 1.82) is 0 Å². The highest BCUT2D eigenvalue weighted by molar-refractivity contribution is 6.35. The predicted molar refractivity (Wildman–Crippen MR) is 75.7 cm³/mol. The lowest BCUT2D eigenvalue weighted by Crippen LogP contribution is -2.03. The van der Waals surface area contributed by atoms with Crippen LogP contribution in [0.15, 0.2) is 42.5 Å². The van der Waals surface area contributed by atoms with Crippen LogP contribution in [-0.2, 0) is 6.42 Å². The molecule has 0 fully saturated rings. The Labute approximate surface area is 116 Å². The Balaban J connectivity index is 2.22. The number of aryl methyl sites for hydroxylation is 1. The molecule has 0 atom stereocenters. The van der Waals surface area contributed by atoms with Gasteiger partial charge in [0.25, 0.3) is 0 Å². The fraction of sp³-hybridized carbons (Fsp3) is 0.133. The fourth-order valence-electron chi connectivity index (χ4n) is 1.82. The van der Waals surface area contributed by atoms with E-state index in [2.05, 4.69) is 0 Å². The highest BCUT2D eigenvalue weighted by Crippen LogP contribution is 2.20. The second-order valence-corrected chi connectivity index (χ2v) is 5.12. The molecule has 18 heavy (non-hydrogen) atoms. The minimum Gasteiger partial charge on any atom is -0.294 e. The van der Waals surface area contributed by atoms with E-state index in [1.54, 1.807) is 18.2 Å². The SMILES string of the molecule is Cc1cccc(CC(=O)c2cc(Cl)cc(Cl)c2)c1. The van der Waals surface area contributed by atoms with Crippen molar-refractivity contribution in [3.8, 4) is 0 Å².